The summed E-state index contributed by atoms with van der Waals surface area (Å²) in [6.07, 6.45) is 0. The van der Waals surface area contributed by atoms with E-state index in [9.17, 15) is 9.59 Å². The minimum Gasteiger partial charge on any atom is -0.480 e. The molecule has 0 saturated heterocycles. The number of hydrogen-bond donors (Lipinski definition) is 2. The molecule has 0 heterocycles. The molecule has 0 radical (unpaired) electrons. The van der Waals surface area contributed by atoms with E-state index in [0.29, 0.717) is 5.56 Å². The molecule has 0 spiro atoms. The van der Waals surface area contributed by atoms with E-state index in [1.807, 2.05) is 6.07 Å². The predicted octanol–water partition coefficient (Wildman–Crippen LogP) is 0.920. The van der Waals surface area contributed by atoms with Crippen molar-refractivity contribution in [3.63, 3.8) is 0 Å². The van der Waals surface area contributed by atoms with Gasteiger partial charge in [-0.05, 0) is 34.9 Å². The summed E-state index contributed by atoms with van der Waals surface area (Å²) in [6, 6.07) is 5.06. The first kappa shape index (κ1) is 7.79. The van der Waals surface area contributed by atoms with Crippen LogP contribution in [0.4, 0.5) is 0 Å². The zero-order valence-electron chi connectivity index (χ0n) is 6.52. The van der Waals surface area contributed by atoms with Crippen molar-refractivity contribution in [2.24, 2.45) is 0 Å². The van der Waals surface area contributed by atoms with Crippen molar-refractivity contribution in [3.8, 4) is 11.1 Å². The molecule has 0 aromatic rings. The van der Waals surface area contributed by atoms with Gasteiger partial charge in [-0.2, -0.15) is 0 Å². The van der Waals surface area contributed by atoms with Gasteiger partial charge in [0.15, 0.2) is 5.92 Å². The predicted molar refractivity (Wildman–Crippen MR) is 43.4 cm³/mol. The van der Waals surface area contributed by atoms with E-state index in [1.54, 1.807) is 12.1 Å². The maximum atomic E-state index is 10.6. The Morgan fingerprint density at radius 3 is 1.85 bits per heavy atom. The Labute approximate surface area is 73.4 Å². The monoisotopic (exact) mass is 178 g/mol. The van der Waals surface area contributed by atoms with Crippen LogP contribution >= 0.6 is 0 Å². The van der Waals surface area contributed by atoms with Crippen molar-refractivity contribution in [2.45, 2.75) is 5.92 Å². The maximum Gasteiger partial charge on any atom is 0.322 e. The average Bonchev–Trinajstić information content (AvgIpc) is 2.57. The van der Waals surface area contributed by atoms with Crippen LogP contribution in [0.1, 0.15) is 11.5 Å². The molecule has 0 atom stereocenters. The van der Waals surface area contributed by atoms with Gasteiger partial charge in [-0.1, -0.05) is 0 Å². The number of carboxylic acid groups (broad SMARTS) is 2. The minimum absolute atomic E-state index is 0.354. The van der Waals surface area contributed by atoms with Crippen molar-refractivity contribution >= 4 is 11.9 Å². The fourth-order valence-electron chi connectivity index (χ4n) is 1.34. The van der Waals surface area contributed by atoms with E-state index in [-0.39, 0.29) is 0 Å². The summed E-state index contributed by atoms with van der Waals surface area (Å²) in [4.78, 5) is 21.2. The van der Waals surface area contributed by atoms with Crippen LogP contribution in [-0.2, 0) is 9.59 Å². The number of carboxylic acids is 2. The van der Waals surface area contributed by atoms with Crippen LogP contribution in [0.5, 0.6) is 0 Å². The number of fused-ring (bicyclic) bond motifs is 1. The molecule has 0 fully saturated rings. The Balaban J connectivity index is 2.34. The second-order valence-corrected chi connectivity index (χ2v) is 2.95. The first-order valence-electron chi connectivity index (χ1n) is 3.70. The van der Waals surface area contributed by atoms with Crippen molar-refractivity contribution in [1.82, 2.24) is 0 Å². The van der Waals surface area contributed by atoms with Gasteiger partial charge in [0.25, 0.3) is 0 Å². The molecular weight excluding hydrogens is 172 g/mol. The first-order chi connectivity index (χ1) is 6.09. The molecule has 0 bridgehead atoms. The molecule has 2 rings (SSSR count). The zero-order valence-corrected chi connectivity index (χ0v) is 6.52. The van der Waals surface area contributed by atoms with Gasteiger partial charge in [0.1, 0.15) is 0 Å². The van der Waals surface area contributed by atoms with Gasteiger partial charge >= 0.3 is 11.9 Å². The van der Waals surface area contributed by atoms with Gasteiger partial charge in [0.05, 0.1) is 0 Å². The summed E-state index contributed by atoms with van der Waals surface area (Å²) in [5, 5.41) is 17.3. The lowest BCUT2D eigenvalue weighted by atomic mass is 10.0. The molecule has 0 amide bonds. The summed E-state index contributed by atoms with van der Waals surface area (Å²) in [6.45, 7) is 0. The highest BCUT2D eigenvalue weighted by molar-refractivity contribution is 6.00. The summed E-state index contributed by atoms with van der Waals surface area (Å²) < 4.78 is 0. The smallest absolute Gasteiger partial charge is 0.322 e. The van der Waals surface area contributed by atoms with E-state index in [1.165, 1.54) is 0 Å². The second kappa shape index (κ2) is 2.32. The summed E-state index contributed by atoms with van der Waals surface area (Å²) in [5.74, 6) is -4.07. The molecule has 0 aliphatic heterocycles. The number of rotatable bonds is 3. The average molecular weight is 178 g/mol. The van der Waals surface area contributed by atoms with E-state index in [0.717, 1.165) is 11.1 Å². The Kier molecular flexibility index (Phi) is 1.39. The number of carbonyl (C=O) groups is 2. The highest BCUT2D eigenvalue weighted by atomic mass is 16.4. The van der Waals surface area contributed by atoms with Crippen molar-refractivity contribution in [2.75, 3.05) is 0 Å². The topological polar surface area (TPSA) is 74.6 Å². The second-order valence-electron chi connectivity index (χ2n) is 2.95. The Morgan fingerprint density at radius 1 is 1.00 bits per heavy atom. The van der Waals surface area contributed by atoms with Gasteiger partial charge in [-0.3, -0.25) is 9.59 Å². The third kappa shape index (κ3) is 1.16. The Bertz CT molecular complexity index is 374. The fraction of sp³-hybridized carbons (Fsp3) is 0.111. The van der Waals surface area contributed by atoms with E-state index in [4.69, 9.17) is 10.2 Å². The third-order valence-corrected chi connectivity index (χ3v) is 2.03. The number of hydrogen-bond acceptors (Lipinski definition) is 2. The fourth-order valence-corrected chi connectivity index (χ4v) is 1.34. The van der Waals surface area contributed by atoms with Crippen LogP contribution < -0.4 is 0 Å². The summed E-state index contributed by atoms with van der Waals surface area (Å²) in [5.41, 5.74) is 2.25. The molecule has 4 nitrogen and oxygen atoms in total. The Morgan fingerprint density at radius 2 is 1.46 bits per heavy atom. The molecule has 66 valence electrons. The van der Waals surface area contributed by atoms with Crippen molar-refractivity contribution in [1.29, 1.82) is 0 Å². The molecule has 0 aromatic carbocycles. The van der Waals surface area contributed by atoms with Gasteiger partial charge in [0.2, 0.25) is 0 Å². The van der Waals surface area contributed by atoms with Crippen LogP contribution in [0.2, 0.25) is 0 Å². The van der Waals surface area contributed by atoms with Crippen LogP contribution in [0.15, 0.2) is 18.2 Å². The van der Waals surface area contributed by atoms with Gasteiger partial charge < -0.3 is 10.2 Å². The number of benzene rings is 1. The summed E-state index contributed by atoms with van der Waals surface area (Å²) >= 11 is 0. The third-order valence-electron chi connectivity index (χ3n) is 2.03. The summed E-state index contributed by atoms with van der Waals surface area (Å²) in [7, 11) is 0. The molecule has 2 aliphatic rings. The van der Waals surface area contributed by atoms with Crippen LogP contribution in [0.3, 0.4) is 0 Å². The van der Waals surface area contributed by atoms with Crippen LogP contribution in [0.25, 0.3) is 11.1 Å². The molecule has 0 saturated carbocycles. The molecule has 0 aromatic heterocycles. The molecular formula is C9H6O4. The molecule has 2 N–H and O–H groups in total. The van der Waals surface area contributed by atoms with Gasteiger partial charge in [0, 0.05) is 0 Å². The lowest BCUT2D eigenvalue weighted by molar-refractivity contribution is -0.150. The normalized spacial score (nSPS) is 11.5. The van der Waals surface area contributed by atoms with Gasteiger partial charge in [-0.15, -0.1) is 0 Å². The van der Waals surface area contributed by atoms with Crippen molar-refractivity contribution < 1.29 is 19.8 Å². The molecule has 4 heteroatoms. The van der Waals surface area contributed by atoms with Crippen LogP contribution in [0, 0.1) is 0 Å². The quantitative estimate of drug-likeness (QED) is 0.685. The highest BCUT2D eigenvalue weighted by Gasteiger charge is 2.31. The molecule has 0 unspecified atom stereocenters. The minimum atomic E-state index is -1.43. The van der Waals surface area contributed by atoms with E-state index < -0.39 is 17.9 Å². The standard InChI is InChI=1S/C9H6O4/c10-8(11)7(9(12)13)6-2-4-1-5(4)3-6/h1-3,7H,(H,10,11)(H,12,13). The Hall–Kier alpha value is -1.84. The first-order valence-corrected chi connectivity index (χ1v) is 3.70. The lowest BCUT2D eigenvalue weighted by Gasteiger charge is -2.03. The van der Waals surface area contributed by atoms with E-state index >= 15 is 0 Å². The van der Waals surface area contributed by atoms with Crippen LogP contribution in [-0.4, -0.2) is 22.2 Å². The van der Waals surface area contributed by atoms with E-state index in [2.05, 4.69) is 0 Å². The van der Waals surface area contributed by atoms with Gasteiger partial charge in [-0.25, -0.2) is 0 Å². The number of aliphatic carboxylic acids is 2. The SMILES string of the molecule is O=C(O)C(C(=O)O)c1cc2cc-2c1. The molecule has 13 heavy (non-hydrogen) atoms. The highest BCUT2D eigenvalue weighted by Crippen LogP contribution is 2.38. The maximum absolute atomic E-state index is 10.6. The molecule has 2 aliphatic carbocycles. The lowest BCUT2D eigenvalue weighted by Crippen LogP contribution is -2.20. The largest absolute Gasteiger partial charge is 0.480 e. The van der Waals surface area contributed by atoms with Crippen molar-refractivity contribution in [3.05, 3.63) is 23.8 Å². The zero-order chi connectivity index (χ0) is 9.59.